The summed E-state index contributed by atoms with van der Waals surface area (Å²) in [4.78, 5) is 19.5. The van der Waals surface area contributed by atoms with Crippen LogP contribution in [0.3, 0.4) is 0 Å². The number of halogens is 3. The van der Waals surface area contributed by atoms with Crippen LogP contribution in [-0.4, -0.2) is 37.8 Å². The molecule has 0 N–H and O–H groups in total. The molecule has 0 fully saturated rings. The zero-order valence-electron chi connectivity index (χ0n) is 16.9. The SMILES string of the molecule is COc1ccccc1-c1noc(-c2cnn(CC(C)=O)c2C(F)(F)F)c1-c1ccncn1. The largest absolute Gasteiger partial charge is 0.496 e. The van der Waals surface area contributed by atoms with Gasteiger partial charge >= 0.3 is 6.18 Å². The fourth-order valence-electron chi connectivity index (χ4n) is 3.36. The van der Waals surface area contributed by atoms with E-state index in [-0.39, 0.29) is 22.6 Å². The van der Waals surface area contributed by atoms with Gasteiger partial charge in [0.15, 0.2) is 17.2 Å². The van der Waals surface area contributed by atoms with Crippen LogP contribution in [0.1, 0.15) is 12.6 Å². The molecule has 0 aliphatic rings. The molecule has 3 heterocycles. The first kappa shape index (κ1) is 21.2. The molecule has 0 radical (unpaired) electrons. The lowest BCUT2D eigenvalue weighted by molar-refractivity contribution is -0.144. The summed E-state index contributed by atoms with van der Waals surface area (Å²) in [6.07, 6.45) is -1.08. The Morgan fingerprint density at radius 2 is 1.97 bits per heavy atom. The number of carbonyl (C=O) groups is 1. The maximum absolute atomic E-state index is 14.0. The second-order valence-electron chi connectivity index (χ2n) is 6.79. The molecule has 0 bridgehead atoms. The minimum atomic E-state index is -4.80. The number of aromatic nitrogens is 5. The summed E-state index contributed by atoms with van der Waals surface area (Å²) in [5.74, 6) is -0.217. The predicted octanol–water partition coefficient (Wildman–Crippen LogP) is 4.28. The van der Waals surface area contributed by atoms with Gasteiger partial charge in [-0.15, -0.1) is 0 Å². The van der Waals surface area contributed by atoms with E-state index in [1.165, 1.54) is 32.6 Å². The van der Waals surface area contributed by atoms with Crippen molar-refractivity contribution in [3.05, 3.63) is 54.7 Å². The molecular formula is C21H16F3N5O3. The molecule has 0 aliphatic carbocycles. The molecule has 0 amide bonds. The topological polar surface area (TPSA) is 95.9 Å². The number of benzene rings is 1. The van der Waals surface area contributed by atoms with Gasteiger partial charge in [-0.2, -0.15) is 18.3 Å². The van der Waals surface area contributed by atoms with E-state index in [9.17, 15) is 18.0 Å². The average Bonchev–Trinajstić information content (AvgIpc) is 3.38. The normalized spacial score (nSPS) is 11.5. The second-order valence-corrected chi connectivity index (χ2v) is 6.79. The van der Waals surface area contributed by atoms with Crippen molar-refractivity contribution < 1.29 is 27.2 Å². The first-order chi connectivity index (χ1) is 15.3. The molecule has 11 heteroatoms. The molecule has 0 unspecified atom stereocenters. The molecule has 0 saturated heterocycles. The van der Waals surface area contributed by atoms with Crippen molar-refractivity contribution in [3.8, 4) is 39.6 Å². The number of para-hydroxylation sites is 1. The number of carbonyl (C=O) groups excluding carboxylic acids is 1. The van der Waals surface area contributed by atoms with Crippen molar-refractivity contribution in [2.45, 2.75) is 19.6 Å². The van der Waals surface area contributed by atoms with Gasteiger partial charge in [0.05, 0.1) is 36.7 Å². The molecule has 1 aromatic carbocycles. The van der Waals surface area contributed by atoms with Crippen LogP contribution in [0.15, 0.2) is 53.6 Å². The molecule has 0 aliphatic heterocycles. The minimum Gasteiger partial charge on any atom is -0.496 e. The zero-order chi connectivity index (χ0) is 22.9. The number of nitrogens with zero attached hydrogens (tertiary/aromatic N) is 5. The standard InChI is InChI=1S/C21H16F3N5O3/c1-12(30)10-29-20(21(22,23)24)14(9-27-29)19-17(15-7-8-25-11-26-15)18(28-32-19)13-5-3-4-6-16(13)31-2/h3-9,11H,10H2,1-2H3. The molecular weight excluding hydrogens is 427 g/mol. The van der Waals surface area contributed by atoms with Gasteiger partial charge in [0, 0.05) is 11.8 Å². The van der Waals surface area contributed by atoms with Crippen molar-refractivity contribution in [2.24, 2.45) is 0 Å². The Bertz CT molecular complexity index is 1270. The number of methoxy groups -OCH3 is 1. The zero-order valence-corrected chi connectivity index (χ0v) is 16.9. The molecule has 0 spiro atoms. The summed E-state index contributed by atoms with van der Waals surface area (Å²) in [6.45, 7) is 0.646. The monoisotopic (exact) mass is 443 g/mol. The molecule has 4 rings (SSSR count). The molecule has 32 heavy (non-hydrogen) atoms. The van der Waals surface area contributed by atoms with E-state index in [0.29, 0.717) is 21.7 Å². The summed E-state index contributed by atoms with van der Waals surface area (Å²) in [5.41, 5.74) is -0.229. The van der Waals surface area contributed by atoms with Gasteiger partial charge in [0.1, 0.15) is 17.8 Å². The highest BCUT2D eigenvalue weighted by Crippen LogP contribution is 2.45. The summed E-state index contributed by atoms with van der Waals surface area (Å²) < 4.78 is 53.4. The third kappa shape index (κ3) is 3.84. The van der Waals surface area contributed by atoms with Gasteiger partial charge in [-0.3, -0.25) is 9.48 Å². The van der Waals surface area contributed by atoms with Crippen molar-refractivity contribution in [1.29, 1.82) is 0 Å². The smallest absolute Gasteiger partial charge is 0.433 e. The molecule has 0 atom stereocenters. The van der Waals surface area contributed by atoms with Crippen molar-refractivity contribution in [3.63, 3.8) is 0 Å². The molecule has 0 saturated carbocycles. The first-order valence-electron chi connectivity index (χ1n) is 9.33. The Labute approximate surface area is 179 Å². The van der Waals surface area contributed by atoms with Crippen molar-refractivity contribution in [1.82, 2.24) is 24.9 Å². The van der Waals surface area contributed by atoms with Crippen LogP contribution >= 0.6 is 0 Å². The highest BCUT2D eigenvalue weighted by atomic mass is 19.4. The van der Waals surface area contributed by atoms with Crippen LogP contribution in [0.25, 0.3) is 33.8 Å². The van der Waals surface area contributed by atoms with E-state index in [0.717, 1.165) is 6.20 Å². The Kier molecular flexibility index (Phi) is 5.47. The van der Waals surface area contributed by atoms with Crippen LogP contribution in [0.2, 0.25) is 0 Å². The Morgan fingerprint density at radius 1 is 1.19 bits per heavy atom. The van der Waals surface area contributed by atoms with E-state index < -0.39 is 24.2 Å². The van der Waals surface area contributed by atoms with E-state index in [1.807, 2.05) is 0 Å². The van der Waals surface area contributed by atoms with Crippen LogP contribution in [0.5, 0.6) is 5.75 Å². The molecule has 4 aromatic rings. The fourth-order valence-corrected chi connectivity index (χ4v) is 3.36. The van der Waals surface area contributed by atoms with Gasteiger partial charge in [-0.1, -0.05) is 17.3 Å². The van der Waals surface area contributed by atoms with Gasteiger partial charge < -0.3 is 9.26 Å². The quantitative estimate of drug-likeness (QED) is 0.439. The number of ether oxygens (including phenoxy) is 1. The third-order valence-electron chi connectivity index (χ3n) is 4.62. The Balaban J connectivity index is 2.01. The van der Waals surface area contributed by atoms with Crippen molar-refractivity contribution in [2.75, 3.05) is 7.11 Å². The maximum Gasteiger partial charge on any atom is 0.433 e. The Hall–Kier alpha value is -4.02. The third-order valence-corrected chi connectivity index (χ3v) is 4.62. The predicted molar refractivity (Wildman–Crippen MR) is 106 cm³/mol. The van der Waals surface area contributed by atoms with Crippen LogP contribution in [-0.2, 0) is 17.5 Å². The van der Waals surface area contributed by atoms with Gasteiger partial charge in [0.25, 0.3) is 0 Å². The van der Waals surface area contributed by atoms with E-state index in [4.69, 9.17) is 9.26 Å². The number of ketones is 1. The second kappa shape index (κ2) is 8.25. The lowest BCUT2D eigenvalue weighted by Crippen LogP contribution is -2.18. The minimum absolute atomic E-state index is 0.188. The highest BCUT2D eigenvalue weighted by Gasteiger charge is 2.41. The number of hydrogen-bond donors (Lipinski definition) is 0. The lowest BCUT2D eigenvalue weighted by Gasteiger charge is -2.11. The highest BCUT2D eigenvalue weighted by molar-refractivity contribution is 5.91. The Morgan fingerprint density at radius 3 is 2.62 bits per heavy atom. The number of Topliss-reactive ketones (excluding diaryl/α,β-unsaturated/α-hetero) is 1. The van der Waals surface area contributed by atoms with Gasteiger partial charge in [0.2, 0.25) is 0 Å². The van der Waals surface area contributed by atoms with E-state index >= 15 is 0 Å². The maximum atomic E-state index is 14.0. The van der Waals surface area contributed by atoms with Crippen molar-refractivity contribution >= 4 is 5.78 Å². The lowest BCUT2D eigenvalue weighted by atomic mass is 9.99. The molecule has 8 nitrogen and oxygen atoms in total. The van der Waals surface area contributed by atoms with E-state index in [1.54, 1.807) is 24.3 Å². The average molecular weight is 443 g/mol. The number of hydrogen-bond acceptors (Lipinski definition) is 7. The van der Waals surface area contributed by atoms with E-state index in [2.05, 4.69) is 20.2 Å². The summed E-state index contributed by atoms with van der Waals surface area (Å²) in [5, 5.41) is 7.83. The van der Waals surface area contributed by atoms with Crippen LogP contribution in [0, 0.1) is 0 Å². The summed E-state index contributed by atoms with van der Waals surface area (Å²) in [7, 11) is 1.47. The molecule has 164 valence electrons. The van der Waals surface area contributed by atoms with Crippen LogP contribution in [0.4, 0.5) is 13.2 Å². The molecule has 3 aromatic heterocycles. The van der Waals surface area contributed by atoms with Gasteiger partial charge in [-0.05, 0) is 25.1 Å². The fraction of sp³-hybridized carbons (Fsp3) is 0.190. The number of rotatable bonds is 6. The van der Waals surface area contributed by atoms with Crippen LogP contribution < -0.4 is 4.74 Å². The summed E-state index contributed by atoms with van der Waals surface area (Å²) >= 11 is 0. The number of alkyl halides is 3. The summed E-state index contributed by atoms with van der Waals surface area (Å²) in [6, 6.07) is 8.42. The first-order valence-corrected chi connectivity index (χ1v) is 9.33. The van der Waals surface area contributed by atoms with Gasteiger partial charge in [-0.25, -0.2) is 9.97 Å².